The molecule has 0 aliphatic carbocycles. The number of hydrogen-bond donors (Lipinski definition) is 2. The fourth-order valence-corrected chi connectivity index (χ4v) is 4.13. The Hall–Kier alpha value is -3.27. The highest BCUT2D eigenvalue weighted by Crippen LogP contribution is 2.49. The lowest BCUT2D eigenvalue weighted by Gasteiger charge is -2.32. The van der Waals surface area contributed by atoms with Crippen molar-refractivity contribution in [1.82, 2.24) is 0 Å². The lowest BCUT2D eigenvalue weighted by Crippen LogP contribution is -2.30. The Labute approximate surface area is 164 Å². The molecule has 0 unspecified atom stereocenters. The van der Waals surface area contributed by atoms with Crippen LogP contribution < -0.4 is 0 Å². The molecule has 0 fully saturated rings. The van der Waals surface area contributed by atoms with Crippen LogP contribution in [0.15, 0.2) is 48.5 Å². The first kappa shape index (κ1) is 18.1. The Morgan fingerprint density at radius 3 is 1.64 bits per heavy atom. The summed E-state index contributed by atoms with van der Waals surface area (Å²) in [5.41, 5.74) is 4.52. The third kappa shape index (κ3) is 2.41. The van der Waals surface area contributed by atoms with Gasteiger partial charge in [0.2, 0.25) is 0 Å². The minimum Gasteiger partial charge on any atom is -0.507 e. The monoisotopic (exact) mass is 374 g/mol. The van der Waals surface area contributed by atoms with E-state index in [9.17, 15) is 15.0 Å². The van der Waals surface area contributed by atoms with E-state index in [-0.39, 0.29) is 17.5 Å². The summed E-state index contributed by atoms with van der Waals surface area (Å²) in [6.45, 7) is 7.32. The Morgan fingerprint density at radius 1 is 0.750 bits per heavy atom. The molecule has 4 nitrogen and oxygen atoms in total. The van der Waals surface area contributed by atoms with Crippen molar-refractivity contribution in [2.24, 2.45) is 0 Å². The maximum absolute atomic E-state index is 12.8. The van der Waals surface area contributed by atoms with Crippen LogP contribution in [0.5, 0.6) is 11.5 Å². The molecule has 0 radical (unpaired) electrons. The second-order valence-electron chi connectivity index (χ2n) is 7.53. The highest BCUT2D eigenvalue weighted by atomic mass is 16.6. The fraction of sp³-hybridized carbons (Fsp3) is 0.208. The van der Waals surface area contributed by atoms with Gasteiger partial charge in [-0.2, -0.15) is 0 Å². The van der Waals surface area contributed by atoms with E-state index < -0.39 is 5.60 Å². The summed E-state index contributed by atoms with van der Waals surface area (Å²) in [7, 11) is 0. The van der Waals surface area contributed by atoms with Crippen LogP contribution in [0.3, 0.4) is 0 Å². The first-order valence-corrected chi connectivity index (χ1v) is 9.20. The van der Waals surface area contributed by atoms with Gasteiger partial charge in [0.25, 0.3) is 0 Å². The molecule has 0 saturated carbocycles. The second kappa shape index (κ2) is 6.13. The molecule has 0 spiro atoms. The zero-order valence-corrected chi connectivity index (χ0v) is 16.3. The number of carbonyl (C=O) groups is 1. The Balaban J connectivity index is 2.12. The summed E-state index contributed by atoms with van der Waals surface area (Å²) in [5, 5.41) is 20.5. The van der Waals surface area contributed by atoms with E-state index >= 15 is 0 Å². The molecule has 4 rings (SSSR count). The number of esters is 1. The molecular formula is C24H22O4. The average molecular weight is 374 g/mol. The topological polar surface area (TPSA) is 66.8 Å². The Bertz CT molecular complexity index is 1020. The zero-order chi connectivity index (χ0) is 20.2. The minimum absolute atomic E-state index is 0.231. The molecular weight excluding hydrogens is 352 g/mol. The number of phenols is 2. The molecule has 0 aromatic heterocycles. The molecule has 0 atom stereocenters. The SMILES string of the molecule is Cc1cc(C2(c3cc(C)c(O)c(C)c3)OC(=O)c3ccccc32)cc(C)c1O. The molecule has 28 heavy (non-hydrogen) atoms. The fourth-order valence-electron chi connectivity index (χ4n) is 4.13. The zero-order valence-electron chi connectivity index (χ0n) is 16.3. The van der Waals surface area contributed by atoms with Crippen molar-refractivity contribution in [3.8, 4) is 11.5 Å². The predicted molar refractivity (Wildman–Crippen MR) is 107 cm³/mol. The van der Waals surface area contributed by atoms with Gasteiger partial charge in [0.05, 0.1) is 5.56 Å². The predicted octanol–water partition coefficient (Wildman–Crippen LogP) is 4.79. The number of carbonyl (C=O) groups excluding carboxylic acids is 1. The van der Waals surface area contributed by atoms with Gasteiger partial charge in [-0.05, 0) is 80.3 Å². The number of benzene rings is 3. The highest BCUT2D eigenvalue weighted by Gasteiger charge is 2.49. The molecule has 3 aromatic carbocycles. The molecule has 0 saturated heterocycles. The number of rotatable bonds is 2. The van der Waals surface area contributed by atoms with Crippen LogP contribution in [0, 0.1) is 27.7 Å². The maximum Gasteiger partial charge on any atom is 0.340 e. The first-order valence-electron chi connectivity index (χ1n) is 9.20. The smallest absolute Gasteiger partial charge is 0.340 e. The lowest BCUT2D eigenvalue weighted by molar-refractivity contribution is 0.0250. The normalized spacial score (nSPS) is 14.6. The van der Waals surface area contributed by atoms with Crippen LogP contribution in [0.4, 0.5) is 0 Å². The molecule has 0 amide bonds. The van der Waals surface area contributed by atoms with Crippen molar-refractivity contribution in [3.05, 3.63) is 93.0 Å². The van der Waals surface area contributed by atoms with Crippen molar-refractivity contribution >= 4 is 5.97 Å². The van der Waals surface area contributed by atoms with Crippen LogP contribution in [-0.2, 0) is 10.3 Å². The van der Waals surface area contributed by atoms with E-state index in [2.05, 4.69) is 0 Å². The van der Waals surface area contributed by atoms with Crippen molar-refractivity contribution in [2.75, 3.05) is 0 Å². The van der Waals surface area contributed by atoms with Crippen LogP contribution in [-0.4, -0.2) is 16.2 Å². The van der Waals surface area contributed by atoms with Crippen molar-refractivity contribution in [1.29, 1.82) is 0 Å². The number of cyclic esters (lactones) is 1. The van der Waals surface area contributed by atoms with Gasteiger partial charge in [-0.25, -0.2) is 4.79 Å². The molecule has 4 heteroatoms. The summed E-state index contributed by atoms with van der Waals surface area (Å²) >= 11 is 0. The van der Waals surface area contributed by atoms with Gasteiger partial charge in [0.1, 0.15) is 11.5 Å². The van der Waals surface area contributed by atoms with Gasteiger partial charge in [0, 0.05) is 16.7 Å². The van der Waals surface area contributed by atoms with E-state index in [1.54, 1.807) is 6.07 Å². The summed E-state index contributed by atoms with van der Waals surface area (Å²) in [5.74, 6) is 0.0755. The quantitative estimate of drug-likeness (QED) is 0.633. The van der Waals surface area contributed by atoms with Crippen LogP contribution >= 0.6 is 0 Å². The second-order valence-corrected chi connectivity index (χ2v) is 7.53. The summed E-state index contributed by atoms with van der Waals surface area (Å²) in [6, 6.07) is 14.8. The van der Waals surface area contributed by atoms with E-state index in [1.807, 2.05) is 70.2 Å². The standard InChI is InChI=1S/C24H22O4/c1-13-9-17(10-14(2)21(13)25)24(18-11-15(3)22(26)16(4)12-18)20-8-6-5-7-19(20)23(27)28-24/h5-12,25-26H,1-4H3. The van der Waals surface area contributed by atoms with E-state index in [0.29, 0.717) is 27.8 Å². The third-order valence-electron chi connectivity index (χ3n) is 5.57. The van der Waals surface area contributed by atoms with Gasteiger partial charge in [0.15, 0.2) is 5.60 Å². The van der Waals surface area contributed by atoms with Gasteiger partial charge in [-0.15, -0.1) is 0 Å². The van der Waals surface area contributed by atoms with E-state index in [1.165, 1.54) is 0 Å². The average Bonchev–Trinajstić information content (AvgIpc) is 2.97. The van der Waals surface area contributed by atoms with Crippen LogP contribution in [0.25, 0.3) is 0 Å². The van der Waals surface area contributed by atoms with Gasteiger partial charge in [-0.3, -0.25) is 0 Å². The van der Waals surface area contributed by atoms with E-state index in [4.69, 9.17) is 4.74 Å². The number of ether oxygens (including phenoxy) is 1. The maximum atomic E-state index is 12.8. The molecule has 1 heterocycles. The first-order chi connectivity index (χ1) is 13.3. The summed E-state index contributed by atoms with van der Waals surface area (Å²) < 4.78 is 6.09. The summed E-state index contributed by atoms with van der Waals surface area (Å²) in [4.78, 5) is 12.8. The number of fused-ring (bicyclic) bond motifs is 1. The molecule has 0 bridgehead atoms. The summed E-state index contributed by atoms with van der Waals surface area (Å²) in [6.07, 6.45) is 0. The number of phenolic OH excluding ortho intramolecular Hbond substituents is 2. The Morgan fingerprint density at radius 2 is 1.18 bits per heavy atom. The van der Waals surface area contributed by atoms with Crippen molar-refractivity contribution < 1.29 is 19.7 Å². The van der Waals surface area contributed by atoms with Crippen LogP contribution in [0.2, 0.25) is 0 Å². The minimum atomic E-state index is -1.14. The van der Waals surface area contributed by atoms with Gasteiger partial charge < -0.3 is 14.9 Å². The number of aromatic hydroxyl groups is 2. The van der Waals surface area contributed by atoms with Crippen molar-refractivity contribution in [2.45, 2.75) is 33.3 Å². The number of aryl methyl sites for hydroxylation is 4. The van der Waals surface area contributed by atoms with Crippen molar-refractivity contribution in [3.63, 3.8) is 0 Å². The number of hydrogen-bond acceptors (Lipinski definition) is 4. The van der Waals surface area contributed by atoms with Crippen LogP contribution in [0.1, 0.15) is 49.3 Å². The molecule has 1 aliphatic heterocycles. The molecule has 3 aromatic rings. The van der Waals surface area contributed by atoms with Gasteiger partial charge >= 0.3 is 5.97 Å². The molecule has 1 aliphatic rings. The molecule has 142 valence electrons. The highest BCUT2D eigenvalue weighted by molar-refractivity contribution is 5.96. The molecule has 2 N–H and O–H groups in total. The lowest BCUT2D eigenvalue weighted by atomic mass is 9.78. The largest absolute Gasteiger partial charge is 0.507 e. The third-order valence-corrected chi connectivity index (χ3v) is 5.57. The van der Waals surface area contributed by atoms with E-state index in [0.717, 1.165) is 16.7 Å². The Kier molecular flexibility index (Phi) is 3.96. The van der Waals surface area contributed by atoms with Gasteiger partial charge in [-0.1, -0.05) is 18.2 Å².